The minimum Gasteiger partial charge on any atom is -0.410 e. The molecule has 0 bridgehead atoms. The summed E-state index contributed by atoms with van der Waals surface area (Å²) in [5.74, 6) is -0.231. The number of amides is 1. The van der Waals surface area contributed by atoms with Gasteiger partial charge in [-0.2, -0.15) is 0 Å². The number of nitrogens with zero attached hydrogens (tertiary/aromatic N) is 1. The third-order valence-corrected chi connectivity index (χ3v) is 4.71. The highest BCUT2D eigenvalue weighted by Crippen LogP contribution is 2.40. The molecule has 0 radical (unpaired) electrons. The van der Waals surface area contributed by atoms with E-state index in [1.807, 2.05) is 25.1 Å². The fourth-order valence-corrected chi connectivity index (χ4v) is 3.34. The Morgan fingerprint density at radius 1 is 1.22 bits per heavy atom. The van der Waals surface area contributed by atoms with Crippen LogP contribution in [0.25, 0.3) is 5.57 Å². The molecule has 0 unspecified atom stereocenters. The van der Waals surface area contributed by atoms with Crippen molar-refractivity contribution >= 4 is 34.5 Å². The lowest BCUT2D eigenvalue weighted by molar-refractivity contribution is -0.110. The third kappa shape index (κ3) is 2.00. The summed E-state index contributed by atoms with van der Waals surface area (Å²) in [6.45, 7) is 1.89. The fourth-order valence-electron chi connectivity index (χ4n) is 3.18. The van der Waals surface area contributed by atoms with Crippen LogP contribution in [-0.4, -0.2) is 16.8 Å². The summed E-state index contributed by atoms with van der Waals surface area (Å²) in [7, 11) is 0. The third-order valence-electron chi connectivity index (χ3n) is 4.30. The smallest absolute Gasteiger partial charge is 0.258 e. The van der Waals surface area contributed by atoms with Gasteiger partial charge in [0, 0.05) is 27.5 Å². The molecular formula is C17H14ClN3O2. The van der Waals surface area contributed by atoms with Gasteiger partial charge in [-0.1, -0.05) is 28.9 Å². The van der Waals surface area contributed by atoms with Crippen molar-refractivity contribution in [3.05, 3.63) is 57.4 Å². The van der Waals surface area contributed by atoms with E-state index in [-0.39, 0.29) is 5.91 Å². The Morgan fingerprint density at radius 2 is 2.00 bits per heavy atom. The monoisotopic (exact) mass is 327 g/mol. The van der Waals surface area contributed by atoms with E-state index in [1.165, 1.54) is 0 Å². The van der Waals surface area contributed by atoms with Crippen LogP contribution in [0.2, 0.25) is 5.02 Å². The van der Waals surface area contributed by atoms with Gasteiger partial charge >= 0.3 is 0 Å². The standard InChI is InChI=1S/C17H14ClN3O2/c1-8-6-13-10(7-11(8)18)14(17(22)20-13)16-15(21-23)9-4-2-3-5-12(9)19-16/h4-7,19,23H,2-3H2,1H3,(H,20,22)/b16-14-,21-15+. The number of allylic oxidation sites excluding steroid dienone is 4. The first kappa shape index (κ1) is 14.1. The highest BCUT2D eigenvalue weighted by Gasteiger charge is 2.36. The second-order valence-electron chi connectivity index (χ2n) is 5.74. The van der Waals surface area contributed by atoms with Crippen molar-refractivity contribution in [1.82, 2.24) is 5.32 Å². The first-order valence-corrected chi connectivity index (χ1v) is 7.74. The summed E-state index contributed by atoms with van der Waals surface area (Å²) in [5, 5.41) is 19.5. The van der Waals surface area contributed by atoms with Crippen LogP contribution in [0.15, 0.2) is 46.4 Å². The Labute approximate surface area is 138 Å². The zero-order valence-corrected chi connectivity index (χ0v) is 13.2. The fraction of sp³-hybridized carbons (Fsp3) is 0.176. The van der Waals surface area contributed by atoms with Crippen molar-refractivity contribution in [3.8, 4) is 0 Å². The van der Waals surface area contributed by atoms with Crippen LogP contribution in [-0.2, 0) is 4.79 Å². The van der Waals surface area contributed by atoms with E-state index in [1.54, 1.807) is 6.07 Å². The van der Waals surface area contributed by atoms with Gasteiger partial charge in [0.25, 0.3) is 5.91 Å². The highest BCUT2D eigenvalue weighted by atomic mass is 35.5. The van der Waals surface area contributed by atoms with E-state index in [0.29, 0.717) is 27.6 Å². The molecule has 0 saturated carbocycles. The SMILES string of the molecule is Cc1cc2c(cc1Cl)/C(=C1/NC3=CCCC=C3/C1=N\O)C(=O)N2. The molecule has 23 heavy (non-hydrogen) atoms. The van der Waals surface area contributed by atoms with Crippen LogP contribution in [0.1, 0.15) is 24.0 Å². The first-order chi connectivity index (χ1) is 11.1. The number of aryl methyl sites for hydroxylation is 1. The van der Waals surface area contributed by atoms with Crippen LogP contribution < -0.4 is 10.6 Å². The van der Waals surface area contributed by atoms with Crippen molar-refractivity contribution in [2.45, 2.75) is 19.8 Å². The number of nitrogens with one attached hydrogen (secondary N) is 2. The number of rotatable bonds is 0. The summed E-state index contributed by atoms with van der Waals surface area (Å²) in [4.78, 5) is 12.5. The quantitative estimate of drug-likeness (QED) is 0.388. The number of anilines is 1. The average molecular weight is 328 g/mol. The highest BCUT2D eigenvalue weighted by molar-refractivity contribution is 6.39. The number of halogens is 1. The van der Waals surface area contributed by atoms with Crippen molar-refractivity contribution in [2.24, 2.45) is 5.16 Å². The normalized spacial score (nSPS) is 23.9. The molecule has 1 saturated heterocycles. The predicted octanol–water partition coefficient (Wildman–Crippen LogP) is 3.35. The number of carbonyl (C=O) groups excluding carboxylic acids is 1. The van der Waals surface area contributed by atoms with Crippen molar-refractivity contribution < 1.29 is 10.0 Å². The summed E-state index contributed by atoms with van der Waals surface area (Å²) in [5.41, 5.74) is 5.41. The van der Waals surface area contributed by atoms with Crippen LogP contribution in [0, 0.1) is 6.92 Å². The molecule has 116 valence electrons. The van der Waals surface area contributed by atoms with Crippen LogP contribution >= 0.6 is 11.6 Å². The molecule has 0 spiro atoms. The maximum atomic E-state index is 12.5. The van der Waals surface area contributed by atoms with Crippen LogP contribution in [0.3, 0.4) is 0 Å². The first-order valence-electron chi connectivity index (χ1n) is 7.37. The van der Waals surface area contributed by atoms with Gasteiger partial charge in [-0.05, 0) is 37.5 Å². The van der Waals surface area contributed by atoms with Crippen LogP contribution in [0.4, 0.5) is 5.69 Å². The molecule has 5 nitrogen and oxygen atoms in total. The van der Waals surface area contributed by atoms with Crippen molar-refractivity contribution in [3.63, 3.8) is 0 Å². The van der Waals surface area contributed by atoms with Gasteiger partial charge in [0.15, 0.2) is 0 Å². The summed E-state index contributed by atoms with van der Waals surface area (Å²) < 4.78 is 0. The number of hydrogen-bond acceptors (Lipinski definition) is 4. The summed E-state index contributed by atoms with van der Waals surface area (Å²) in [6, 6.07) is 3.62. The van der Waals surface area contributed by atoms with Gasteiger partial charge in [-0.15, -0.1) is 0 Å². The van der Waals surface area contributed by atoms with Gasteiger partial charge in [0.1, 0.15) is 5.71 Å². The molecule has 1 aliphatic carbocycles. The van der Waals surface area contributed by atoms with Gasteiger partial charge in [0.2, 0.25) is 0 Å². The van der Waals surface area contributed by atoms with E-state index in [0.717, 1.165) is 35.4 Å². The van der Waals surface area contributed by atoms with Crippen molar-refractivity contribution in [1.29, 1.82) is 0 Å². The molecule has 3 aliphatic rings. The molecule has 4 rings (SSSR count). The molecule has 1 amide bonds. The number of oxime groups is 1. The Kier molecular flexibility index (Phi) is 3.06. The lowest BCUT2D eigenvalue weighted by atomic mass is 9.98. The second kappa shape index (κ2) is 4.99. The van der Waals surface area contributed by atoms with Gasteiger partial charge < -0.3 is 15.8 Å². The van der Waals surface area contributed by atoms with Gasteiger partial charge in [-0.3, -0.25) is 4.79 Å². The Morgan fingerprint density at radius 3 is 2.78 bits per heavy atom. The molecule has 3 N–H and O–H groups in total. The zero-order chi connectivity index (χ0) is 16.1. The molecular weight excluding hydrogens is 314 g/mol. The lowest BCUT2D eigenvalue weighted by Crippen LogP contribution is -2.14. The van der Waals surface area contributed by atoms with E-state index < -0.39 is 0 Å². The number of hydrogen-bond donors (Lipinski definition) is 3. The molecule has 0 aromatic heterocycles. The van der Waals surface area contributed by atoms with Crippen LogP contribution in [0.5, 0.6) is 0 Å². The second-order valence-corrected chi connectivity index (χ2v) is 6.14. The minimum absolute atomic E-state index is 0.231. The summed E-state index contributed by atoms with van der Waals surface area (Å²) >= 11 is 6.22. The summed E-state index contributed by atoms with van der Waals surface area (Å²) in [6.07, 6.45) is 5.86. The molecule has 1 aromatic carbocycles. The molecule has 6 heteroatoms. The lowest BCUT2D eigenvalue weighted by Gasteiger charge is -2.06. The number of carbonyl (C=O) groups is 1. The minimum atomic E-state index is -0.231. The Bertz CT molecular complexity index is 878. The number of fused-ring (bicyclic) bond motifs is 2. The predicted molar refractivity (Wildman–Crippen MR) is 89.5 cm³/mol. The largest absolute Gasteiger partial charge is 0.410 e. The van der Waals surface area contributed by atoms with E-state index in [2.05, 4.69) is 15.8 Å². The van der Waals surface area contributed by atoms with E-state index in [9.17, 15) is 10.0 Å². The average Bonchev–Trinajstić information content (AvgIpc) is 3.04. The topological polar surface area (TPSA) is 73.7 Å². The maximum absolute atomic E-state index is 12.5. The molecule has 1 fully saturated rings. The Balaban J connectivity index is 1.96. The van der Waals surface area contributed by atoms with E-state index in [4.69, 9.17) is 11.6 Å². The van der Waals surface area contributed by atoms with Gasteiger partial charge in [0.05, 0.1) is 11.3 Å². The Hall–Kier alpha value is -2.53. The maximum Gasteiger partial charge on any atom is 0.258 e. The molecule has 2 heterocycles. The zero-order valence-electron chi connectivity index (χ0n) is 12.4. The molecule has 1 aromatic rings. The van der Waals surface area contributed by atoms with Crippen molar-refractivity contribution in [2.75, 3.05) is 5.32 Å². The van der Waals surface area contributed by atoms with E-state index >= 15 is 0 Å². The van der Waals surface area contributed by atoms with Gasteiger partial charge in [-0.25, -0.2) is 0 Å². The molecule has 0 atom stereocenters. The molecule has 2 aliphatic heterocycles. The number of benzene rings is 1.